The van der Waals surface area contributed by atoms with E-state index in [-0.39, 0.29) is 24.7 Å². The van der Waals surface area contributed by atoms with Gasteiger partial charge in [0.1, 0.15) is 6.61 Å². The van der Waals surface area contributed by atoms with Gasteiger partial charge in [0.25, 0.3) is 0 Å². The molecule has 1 atom stereocenters. The van der Waals surface area contributed by atoms with Crippen LogP contribution in [0.2, 0.25) is 0 Å². The van der Waals surface area contributed by atoms with Crippen molar-refractivity contribution in [2.24, 2.45) is 0 Å². The average Bonchev–Trinajstić information content (AvgIpc) is 3.16. The first-order chi connectivity index (χ1) is 13.2. The largest absolute Gasteiger partial charge is 0.369 e. The third kappa shape index (κ3) is 4.56. The topological polar surface area (TPSA) is 70.2 Å². The fourth-order valence-corrected chi connectivity index (χ4v) is 5.28. The van der Waals surface area contributed by atoms with Gasteiger partial charge in [-0.15, -0.1) is 0 Å². The van der Waals surface area contributed by atoms with Gasteiger partial charge >= 0.3 is 0 Å². The van der Waals surface area contributed by atoms with E-state index in [4.69, 9.17) is 4.74 Å². The van der Waals surface area contributed by atoms with Crippen LogP contribution in [0.25, 0.3) is 0 Å². The number of carbonyl (C=O) groups excluding carboxylic acids is 1. The lowest BCUT2D eigenvalue weighted by molar-refractivity contribution is -0.138. The summed E-state index contributed by atoms with van der Waals surface area (Å²) in [6.07, 6.45) is 1.58. The summed E-state index contributed by atoms with van der Waals surface area (Å²) in [7, 11) is 0.442. The first-order valence-corrected chi connectivity index (χ1v) is 11.3. The fraction of sp³-hybridized carbons (Fsp3) is 0.650. The van der Waals surface area contributed by atoms with E-state index < -0.39 is 10.0 Å². The molecular formula is C20H31N3O4S. The van der Waals surface area contributed by atoms with E-state index in [1.807, 2.05) is 34.0 Å². The zero-order chi connectivity index (χ0) is 20.5. The normalized spacial score (nSPS) is 20.8. The minimum Gasteiger partial charge on any atom is -0.369 e. The number of nitrogens with zero attached hydrogens (tertiary/aromatic N) is 3. The SMILES string of the molecule is CC(C)OCC(=O)N1CCc2ccc(S(=O)(=O)N3CCC(N(C)C)C3)cc2C1. The molecule has 7 nitrogen and oxygen atoms in total. The number of ether oxygens (including phenoxy) is 1. The van der Waals surface area contributed by atoms with E-state index >= 15 is 0 Å². The predicted molar refractivity (Wildman–Crippen MR) is 108 cm³/mol. The van der Waals surface area contributed by atoms with Gasteiger partial charge in [0, 0.05) is 32.2 Å². The van der Waals surface area contributed by atoms with Crippen molar-refractivity contribution in [3.8, 4) is 0 Å². The van der Waals surface area contributed by atoms with Crippen LogP contribution in [-0.2, 0) is 32.5 Å². The smallest absolute Gasteiger partial charge is 0.248 e. The molecule has 0 bridgehead atoms. The maximum absolute atomic E-state index is 13.1. The van der Waals surface area contributed by atoms with Gasteiger partial charge in [0.2, 0.25) is 15.9 Å². The molecule has 1 amide bonds. The van der Waals surface area contributed by atoms with Crippen LogP contribution in [0.4, 0.5) is 0 Å². The Morgan fingerprint density at radius 1 is 1.25 bits per heavy atom. The number of sulfonamides is 1. The lowest BCUT2D eigenvalue weighted by Crippen LogP contribution is -2.39. The number of benzene rings is 1. The second-order valence-electron chi connectivity index (χ2n) is 8.12. The second kappa shape index (κ2) is 8.49. The van der Waals surface area contributed by atoms with E-state index in [1.54, 1.807) is 21.3 Å². The highest BCUT2D eigenvalue weighted by atomic mass is 32.2. The molecular weight excluding hydrogens is 378 g/mol. The van der Waals surface area contributed by atoms with Gasteiger partial charge in [-0.25, -0.2) is 8.42 Å². The van der Waals surface area contributed by atoms with Crippen molar-refractivity contribution in [2.45, 2.75) is 50.3 Å². The Hall–Kier alpha value is -1.48. The number of carbonyl (C=O) groups is 1. The summed E-state index contributed by atoms with van der Waals surface area (Å²) in [5.41, 5.74) is 2.02. The van der Waals surface area contributed by atoms with Crippen molar-refractivity contribution < 1.29 is 17.9 Å². The first kappa shape index (κ1) is 21.2. The number of fused-ring (bicyclic) bond motifs is 1. The lowest BCUT2D eigenvalue weighted by atomic mass is 10.00. The summed E-state index contributed by atoms with van der Waals surface area (Å²) in [5, 5.41) is 0. The van der Waals surface area contributed by atoms with Crippen molar-refractivity contribution in [2.75, 3.05) is 40.3 Å². The van der Waals surface area contributed by atoms with Crippen LogP contribution in [0.1, 0.15) is 31.4 Å². The van der Waals surface area contributed by atoms with Crippen molar-refractivity contribution in [1.82, 2.24) is 14.1 Å². The van der Waals surface area contributed by atoms with Gasteiger partial charge in [-0.2, -0.15) is 4.31 Å². The first-order valence-electron chi connectivity index (χ1n) is 9.86. The zero-order valence-electron chi connectivity index (χ0n) is 17.2. The summed E-state index contributed by atoms with van der Waals surface area (Å²) < 4.78 is 33.2. The van der Waals surface area contributed by atoms with Gasteiger partial charge in [0.15, 0.2) is 0 Å². The molecule has 2 aliphatic heterocycles. The number of rotatable bonds is 6. The minimum absolute atomic E-state index is 0.00391. The van der Waals surface area contributed by atoms with Crippen LogP contribution in [0.3, 0.4) is 0 Å². The maximum Gasteiger partial charge on any atom is 0.248 e. The molecule has 1 unspecified atom stereocenters. The van der Waals surface area contributed by atoms with E-state index in [2.05, 4.69) is 4.90 Å². The molecule has 2 heterocycles. The van der Waals surface area contributed by atoms with Gasteiger partial charge < -0.3 is 14.5 Å². The highest BCUT2D eigenvalue weighted by Gasteiger charge is 2.34. The quantitative estimate of drug-likeness (QED) is 0.709. The summed E-state index contributed by atoms with van der Waals surface area (Å²) in [5.74, 6) is -0.0547. The molecule has 1 fully saturated rings. The van der Waals surface area contributed by atoms with Crippen molar-refractivity contribution >= 4 is 15.9 Å². The van der Waals surface area contributed by atoms with Crippen LogP contribution >= 0.6 is 0 Å². The van der Waals surface area contributed by atoms with Gasteiger partial charge in [-0.1, -0.05) is 6.07 Å². The summed E-state index contributed by atoms with van der Waals surface area (Å²) in [6.45, 7) is 5.98. The van der Waals surface area contributed by atoms with Crippen molar-refractivity contribution in [1.29, 1.82) is 0 Å². The molecule has 28 heavy (non-hydrogen) atoms. The summed E-state index contributed by atoms with van der Waals surface area (Å²) in [4.78, 5) is 16.5. The number of hydrogen-bond donors (Lipinski definition) is 0. The molecule has 0 radical (unpaired) electrons. The van der Waals surface area contributed by atoms with E-state index in [1.165, 1.54) is 0 Å². The predicted octanol–water partition coefficient (Wildman–Crippen LogP) is 1.32. The Morgan fingerprint density at radius 3 is 2.64 bits per heavy atom. The molecule has 0 N–H and O–H groups in total. The molecule has 0 aliphatic carbocycles. The summed E-state index contributed by atoms with van der Waals surface area (Å²) in [6, 6.07) is 5.60. The van der Waals surface area contributed by atoms with Gasteiger partial charge in [-0.05, 0) is 64.0 Å². The molecule has 3 rings (SSSR count). The van der Waals surface area contributed by atoms with Crippen molar-refractivity contribution in [3.63, 3.8) is 0 Å². The van der Waals surface area contributed by atoms with E-state index in [9.17, 15) is 13.2 Å². The van der Waals surface area contributed by atoms with Crippen LogP contribution < -0.4 is 0 Å². The van der Waals surface area contributed by atoms with Gasteiger partial charge in [-0.3, -0.25) is 4.79 Å². The maximum atomic E-state index is 13.1. The van der Waals surface area contributed by atoms with Gasteiger partial charge in [0.05, 0.1) is 11.0 Å². The highest BCUT2D eigenvalue weighted by molar-refractivity contribution is 7.89. The third-order valence-electron chi connectivity index (χ3n) is 5.58. The molecule has 2 aliphatic rings. The van der Waals surface area contributed by atoms with E-state index in [0.717, 1.165) is 24.0 Å². The molecule has 0 spiro atoms. The Morgan fingerprint density at radius 2 is 2.00 bits per heavy atom. The molecule has 0 aromatic heterocycles. The Bertz CT molecular complexity index is 823. The second-order valence-corrected chi connectivity index (χ2v) is 10.1. The lowest BCUT2D eigenvalue weighted by Gasteiger charge is -2.29. The molecule has 0 saturated carbocycles. The molecule has 8 heteroatoms. The summed E-state index contributed by atoms with van der Waals surface area (Å²) >= 11 is 0. The standard InChI is InChI=1S/C20H31N3O4S/c1-15(2)27-14-20(24)22-9-7-16-5-6-19(11-17(16)12-22)28(25,26)23-10-8-18(13-23)21(3)4/h5-6,11,15,18H,7-10,12-14H2,1-4H3. The zero-order valence-corrected chi connectivity index (χ0v) is 18.0. The molecule has 156 valence electrons. The van der Waals surface area contributed by atoms with Crippen LogP contribution in [0, 0.1) is 0 Å². The van der Waals surface area contributed by atoms with Crippen molar-refractivity contribution in [3.05, 3.63) is 29.3 Å². The number of amides is 1. The average molecular weight is 410 g/mol. The third-order valence-corrected chi connectivity index (χ3v) is 7.44. The van der Waals surface area contributed by atoms with Crippen LogP contribution in [0.5, 0.6) is 0 Å². The number of likely N-dealkylation sites (N-methyl/N-ethyl adjacent to an activating group) is 1. The van der Waals surface area contributed by atoms with Crippen LogP contribution in [-0.4, -0.2) is 80.9 Å². The fourth-order valence-electron chi connectivity index (χ4n) is 3.74. The minimum atomic E-state index is -3.52. The Labute approximate surface area is 168 Å². The molecule has 1 aromatic carbocycles. The molecule has 1 saturated heterocycles. The Kier molecular flexibility index (Phi) is 6.44. The molecule has 1 aromatic rings. The highest BCUT2D eigenvalue weighted by Crippen LogP contribution is 2.27. The number of hydrogen-bond acceptors (Lipinski definition) is 5. The van der Waals surface area contributed by atoms with E-state index in [0.29, 0.717) is 31.1 Å². The Balaban J connectivity index is 1.74. The van der Waals surface area contributed by atoms with Crippen LogP contribution in [0.15, 0.2) is 23.1 Å². The monoisotopic (exact) mass is 409 g/mol.